The Morgan fingerprint density at radius 2 is 1.53 bits per heavy atom. The number of aryl methyl sites for hydroxylation is 1. The van der Waals surface area contributed by atoms with Gasteiger partial charge in [0.15, 0.2) is 0 Å². The highest BCUT2D eigenvalue weighted by molar-refractivity contribution is 5.52. The van der Waals surface area contributed by atoms with Crippen molar-refractivity contribution in [1.29, 1.82) is 0 Å². The van der Waals surface area contributed by atoms with Gasteiger partial charge in [0.1, 0.15) is 5.75 Å². The van der Waals surface area contributed by atoms with Crippen LogP contribution < -0.4 is 5.73 Å². The van der Waals surface area contributed by atoms with Crippen molar-refractivity contribution < 1.29 is 5.11 Å². The second kappa shape index (κ2) is 6.28. The molecule has 0 aliphatic carbocycles. The normalized spacial score (nSPS) is 10.5. The first-order valence-electron chi connectivity index (χ1n) is 6.41. The summed E-state index contributed by atoms with van der Waals surface area (Å²) in [5.74, 6) is 0.322. The summed E-state index contributed by atoms with van der Waals surface area (Å²) in [5.41, 5.74) is 9.42. The van der Waals surface area contributed by atoms with Crippen LogP contribution in [-0.4, -0.2) is 5.11 Å². The van der Waals surface area contributed by atoms with Crippen molar-refractivity contribution in [1.82, 2.24) is 0 Å². The van der Waals surface area contributed by atoms with E-state index in [0.29, 0.717) is 5.75 Å². The Labute approximate surface area is 115 Å². The minimum absolute atomic E-state index is 0.151. The van der Waals surface area contributed by atoms with Crippen molar-refractivity contribution in [2.45, 2.75) is 33.1 Å². The number of phenols is 1. The molecule has 2 rings (SSSR count). The van der Waals surface area contributed by atoms with Crippen molar-refractivity contribution in [2.75, 3.05) is 5.73 Å². The van der Waals surface area contributed by atoms with E-state index in [0.717, 1.165) is 5.69 Å². The zero-order chi connectivity index (χ0) is 14.5. The fraction of sp³-hybridized carbons (Fsp3) is 0.294. The summed E-state index contributed by atoms with van der Waals surface area (Å²) >= 11 is 0. The molecule has 0 saturated carbocycles. The van der Waals surface area contributed by atoms with Crippen molar-refractivity contribution >= 4 is 5.69 Å². The largest absolute Gasteiger partial charge is 0.508 e. The molecule has 2 aromatic carbocycles. The number of nitrogens with two attached hydrogens (primary N) is 1. The van der Waals surface area contributed by atoms with E-state index in [1.54, 1.807) is 24.3 Å². The van der Waals surface area contributed by atoms with E-state index in [1.807, 2.05) is 12.1 Å². The van der Waals surface area contributed by atoms with Gasteiger partial charge in [0, 0.05) is 5.69 Å². The number of anilines is 1. The lowest BCUT2D eigenvalue weighted by atomic mass is 9.85. The van der Waals surface area contributed by atoms with Gasteiger partial charge in [0.2, 0.25) is 0 Å². The van der Waals surface area contributed by atoms with Crippen LogP contribution in [0, 0.1) is 6.92 Å². The molecule has 0 heterocycles. The predicted octanol–water partition coefficient (Wildman–Crippen LogP) is 4.27. The Balaban J connectivity index is 0.000000218. The Bertz CT molecular complexity index is 513. The molecule has 0 bridgehead atoms. The first-order valence-corrected chi connectivity index (χ1v) is 6.41. The van der Waals surface area contributed by atoms with E-state index in [-0.39, 0.29) is 5.41 Å². The number of hydrogen-bond acceptors (Lipinski definition) is 2. The summed E-state index contributed by atoms with van der Waals surface area (Å²) < 4.78 is 0. The third-order valence-electron chi connectivity index (χ3n) is 2.77. The zero-order valence-corrected chi connectivity index (χ0v) is 12.1. The van der Waals surface area contributed by atoms with Gasteiger partial charge < -0.3 is 10.8 Å². The molecule has 3 N–H and O–H groups in total. The number of rotatable bonds is 0. The summed E-state index contributed by atoms with van der Waals surface area (Å²) in [5, 5.41) is 8.63. The van der Waals surface area contributed by atoms with Crippen LogP contribution in [0.25, 0.3) is 0 Å². The van der Waals surface area contributed by atoms with E-state index >= 15 is 0 Å². The van der Waals surface area contributed by atoms with Crippen LogP contribution in [-0.2, 0) is 5.41 Å². The molecule has 0 aliphatic rings. The maximum absolute atomic E-state index is 8.63. The molecule has 0 saturated heterocycles. The number of aromatic hydroxyl groups is 1. The zero-order valence-electron chi connectivity index (χ0n) is 12.1. The lowest BCUT2D eigenvalue weighted by molar-refractivity contribution is 0.475. The lowest BCUT2D eigenvalue weighted by Gasteiger charge is -2.21. The molecule has 102 valence electrons. The monoisotopic (exact) mass is 257 g/mol. The standard InChI is InChI=1S/C11H17N.C6H6O/c1-8-5-6-9(10(12)7-8)11(2,3)4;7-6-4-2-1-3-5-6/h5-7H,12H2,1-4H3;1-5,7H. The molecular formula is C17H23NO. The summed E-state index contributed by atoms with van der Waals surface area (Å²) in [7, 11) is 0. The highest BCUT2D eigenvalue weighted by Crippen LogP contribution is 2.27. The van der Waals surface area contributed by atoms with Crippen LogP contribution in [0.15, 0.2) is 48.5 Å². The molecule has 0 aliphatic heterocycles. The second-order valence-corrected chi connectivity index (χ2v) is 5.68. The Kier molecular flexibility index (Phi) is 4.99. The van der Waals surface area contributed by atoms with Crippen LogP contribution in [0.1, 0.15) is 31.9 Å². The van der Waals surface area contributed by atoms with E-state index in [2.05, 4.69) is 39.8 Å². The van der Waals surface area contributed by atoms with E-state index < -0.39 is 0 Å². The molecule has 0 fully saturated rings. The maximum atomic E-state index is 8.63. The summed E-state index contributed by atoms with van der Waals surface area (Å²) in [6.07, 6.45) is 0. The summed E-state index contributed by atoms with van der Waals surface area (Å²) in [4.78, 5) is 0. The number of nitrogen functional groups attached to an aromatic ring is 1. The SMILES string of the molecule is Cc1ccc(C(C)(C)C)c(N)c1.Oc1ccccc1. The minimum atomic E-state index is 0.151. The Hall–Kier alpha value is -1.96. The van der Waals surface area contributed by atoms with Gasteiger partial charge in [-0.2, -0.15) is 0 Å². The maximum Gasteiger partial charge on any atom is 0.115 e. The molecule has 2 aromatic rings. The van der Waals surface area contributed by atoms with E-state index in [9.17, 15) is 0 Å². The molecule has 0 unspecified atom stereocenters. The van der Waals surface area contributed by atoms with Crippen LogP contribution >= 0.6 is 0 Å². The first-order chi connectivity index (χ1) is 8.80. The number of phenolic OH excluding ortho intramolecular Hbond substituents is 1. The van der Waals surface area contributed by atoms with Crippen molar-refractivity contribution in [3.05, 3.63) is 59.7 Å². The fourth-order valence-corrected chi connectivity index (χ4v) is 1.79. The summed E-state index contributed by atoms with van der Waals surface area (Å²) in [6.45, 7) is 8.58. The lowest BCUT2D eigenvalue weighted by Crippen LogP contribution is -2.13. The number of para-hydroxylation sites is 1. The highest BCUT2D eigenvalue weighted by atomic mass is 16.3. The molecule has 0 atom stereocenters. The van der Waals surface area contributed by atoms with E-state index in [1.165, 1.54) is 11.1 Å². The van der Waals surface area contributed by atoms with Crippen LogP contribution in [0.2, 0.25) is 0 Å². The van der Waals surface area contributed by atoms with Gasteiger partial charge >= 0.3 is 0 Å². The van der Waals surface area contributed by atoms with Gasteiger partial charge in [-0.3, -0.25) is 0 Å². The van der Waals surface area contributed by atoms with Gasteiger partial charge in [-0.05, 0) is 41.7 Å². The molecule has 0 radical (unpaired) electrons. The topological polar surface area (TPSA) is 46.2 Å². The molecule has 2 heteroatoms. The second-order valence-electron chi connectivity index (χ2n) is 5.68. The van der Waals surface area contributed by atoms with Gasteiger partial charge in [-0.25, -0.2) is 0 Å². The van der Waals surface area contributed by atoms with Crippen LogP contribution in [0.4, 0.5) is 5.69 Å². The van der Waals surface area contributed by atoms with Crippen LogP contribution in [0.3, 0.4) is 0 Å². The van der Waals surface area contributed by atoms with Gasteiger partial charge in [0.05, 0.1) is 0 Å². The molecular weight excluding hydrogens is 234 g/mol. The first kappa shape index (κ1) is 15.1. The summed E-state index contributed by atoms with van der Waals surface area (Å²) in [6, 6.07) is 15.0. The molecule has 2 nitrogen and oxygen atoms in total. The average Bonchev–Trinajstić information content (AvgIpc) is 2.28. The quantitative estimate of drug-likeness (QED) is 0.692. The smallest absolute Gasteiger partial charge is 0.115 e. The Morgan fingerprint density at radius 3 is 1.89 bits per heavy atom. The third-order valence-corrected chi connectivity index (χ3v) is 2.77. The van der Waals surface area contributed by atoms with Gasteiger partial charge in [0.25, 0.3) is 0 Å². The fourth-order valence-electron chi connectivity index (χ4n) is 1.79. The molecule has 0 aromatic heterocycles. The van der Waals surface area contributed by atoms with Crippen molar-refractivity contribution in [3.8, 4) is 5.75 Å². The number of benzene rings is 2. The average molecular weight is 257 g/mol. The number of hydrogen-bond donors (Lipinski definition) is 2. The molecule has 0 amide bonds. The van der Waals surface area contributed by atoms with Gasteiger partial charge in [-0.1, -0.05) is 51.1 Å². The minimum Gasteiger partial charge on any atom is -0.508 e. The van der Waals surface area contributed by atoms with Crippen LogP contribution in [0.5, 0.6) is 5.75 Å². The van der Waals surface area contributed by atoms with Crippen molar-refractivity contribution in [2.24, 2.45) is 0 Å². The molecule has 0 spiro atoms. The predicted molar refractivity (Wildman–Crippen MR) is 82.4 cm³/mol. The van der Waals surface area contributed by atoms with Crippen molar-refractivity contribution in [3.63, 3.8) is 0 Å². The Morgan fingerprint density at radius 1 is 0.947 bits per heavy atom. The highest BCUT2D eigenvalue weighted by Gasteiger charge is 2.15. The third kappa shape index (κ3) is 5.04. The molecule has 19 heavy (non-hydrogen) atoms. The van der Waals surface area contributed by atoms with Gasteiger partial charge in [-0.15, -0.1) is 0 Å². The van der Waals surface area contributed by atoms with E-state index in [4.69, 9.17) is 10.8 Å².